The molecule has 4 heteroatoms. The van der Waals surface area contributed by atoms with Crippen LogP contribution >= 0.6 is 0 Å². The number of rotatable bonds is 12. The van der Waals surface area contributed by atoms with Crippen molar-refractivity contribution in [3.63, 3.8) is 0 Å². The van der Waals surface area contributed by atoms with Crippen molar-refractivity contribution in [1.29, 1.82) is 0 Å². The maximum atomic E-state index is 6.63. The van der Waals surface area contributed by atoms with Gasteiger partial charge in [0.1, 0.15) is 13.3 Å². The Balaban J connectivity index is 1.74. The first kappa shape index (κ1) is 30.8. The normalized spacial score (nSPS) is 18.7. The highest BCUT2D eigenvalue weighted by Gasteiger charge is 2.59. The van der Waals surface area contributed by atoms with Gasteiger partial charge in [-0.3, -0.25) is 0 Å². The number of hydrogen-bond acceptors (Lipinski definition) is 2. The molecule has 1 unspecified atom stereocenters. The van der Waals surface area contributed by atoms with E-state index in [1.807, 2.05) is 0 Å². The third-order valence-corrected chi connectivity index (χ3v) is 26.0. The summed E-state index contributed by atoms with van der Waals surface area (Å²) < 4.78 is 13.1. The molecule has 5 rings (SSSR count). The number of fused-ring (bicyclic) bond motifs is 2. The summed E-state index contributed by atoms with van der Waals surface area (Å²) in [4.78, 5) is 0. The lowest BCUT2D eigenvalue weighted by atomic mass is 9.90. The molecule has 1 heterocycles. The zero-order valence-corrected chi connectivity index (χ0v) is 28.8. The lowest BCUT2D eigenvalue weighted by molar-refractivity contribution is 0.0772. The molecule has 42 heavy (non-hydrogen) atoms. The molecule has 3 aromatic carbocycles. The number of aryl methyl sites for hydroxylation is 1. The number of hydrogen-bond donors (Lipinski definition) is 0. The van der Waals surface area contributed by atoms with Crippen LogP contribution in [0.1, 0.15) is 76.8 Å². The summed E-state index contributed by atoms with van der Waals surface area (Å²) in [6.07, 6.45) is 10.7. The van der Waals surface area contributed by atoms with E-state index in [1.54, 1.807) is 10.4 Å². The lowest BCUT2D eigenvalue weighted by Crippen LogP contribution is -2.81. The van der Waals surface area contributed by atoms with Crippen LogP contribution in [0.25, 0.3) is 5.57 Å². The first-order valence-corrected chi connectivity index (χ1v) is 22.3. The van der Waals surface area contributed by atoms with E-state index in [2.05, 4.69) is 120 Å². The Labute approximate surface area is 256 Å². The van der Waals surface area contributed by atoms with Crippen molar-refractivity contribution in [2.24, 2.45) is 0 Å². The molecule has 0 N–H and O–H groups in total. The van der Waals surface area contributed by atoms with Crippen LogP contribution in [-0.2, 0) is 4.74 Å². The predicted octanol–water partition coefficient (Wildman–Crippen LogP) is 8.05. The molecule has 3 aromatic rings. The minimum absolute atomic E-state index is 0.129. The molecule has 0 spiro atoms. The van der Waals surface area contributed by atoms with Crippen LogP contribution in [0, 0.1) is 6.92 Å². The molecule has 0 radical (unpaired) electrons. The summed E-state index contributed by atoms with van der Waals surface area (Å²) in [7, 11) is -4.55. The third kappa shape index (κ3) is 5.54. The van der Waals surface area contributed by atoms with Gasteiger partial charge in [0.05, 0.1) is 20.3 Å². The zero-order valence-electron chi connectivity index (χ0n) is 26.8. The lowest BCUT2D eigenvalue weighted by Gasteiger charge is -2.52. The van der Waals surface area contributed by atoms with Gasteiger partial charge in [0.15, 0.2) is 0 Å². The predicted molar refractivity (Wildman–Crippen MR) is 186 cm³/mol. The molecular formula is C38H50O2Si2. The van der Waals surface area contributed by atoms with E-state index in [1.165, 1.54) is 58.3 Å². The number of unbranched alkanes of at least 4 members (excludes halogenated alkanes) is 4. The second kappa shape index (κ2) is 13.3. The first-order valence-electron chi connectivity index (χ1n) is 16.3. The number of benzene rings is 3. The Bertz CT molecular complexity index is 1380. The van der Waals surface area contributed by atoms with Crippen molar-refractivity contribution in [2.75, 3.05) is 13.2 Å². The standard InChI is InChI=1S/C38H50O2Si2/c1-7-9-17-23-39-35-27-33-34-28-36(40-24-18-10-8-2)30(4)26-38(34)42(31-19-13-11-14-20-31,32-21-15-12-16-22-32)41(5,6)37(33)25-29(35)3/h11-16,19-22,25-27,36H,7-10,17-18,23-24,28H2,1-6H3. The molecule has 2 nitrogen and oxygen atoms in total. The summed E-state index contributed by atoms with van der Waals surface area (Å²) >= 11 is 0. The van der Waals surface area contributed by atoms with Crippen LogP contribution in [0.2, 0.25) is 13.1 Å². The fourth-order valence-electron chi connectivity index (χ4n) is 7.48. The van der Waals surface area contributed by atoms with Gasteiger partial charge in [0, 0.05) is 13.0 Å². The molecule has 0 amide bonds. The fourth-order valence-corrected chi connectivity index (χ4v) is 24.8. The Morgan fingerprint density at radius 2 is 1.36 bits per heavy atom. The van der Waals surface area contributed by atoms with E-state index in [4.69, 9.17) is 9.47 Å². The molecule has 0 saturated heterocycles. The van der Waals surface area contributed by atoms with Crippen molar-refractivity contribution < 1.29 is 9.47 Å². The van der Waals surface area contributed by atoms with Crippen molar-refractivity contribution in [3.05, 3.63) is 101 Å². The molecule has 1 aliphatic carbocycles. The van der Waals surface area contributed by atoms with Gasteiger partial charge in [0.25, 0.3) is 0 Å². The van der Waals surface area contributed by atoms with Gasteiger partial charge < -0.3 is 9.47 Å². The van der Waals surface area contributed by atoms with E-state index in [-0.39, 0.29) is 6.10 Å². The quantitative estimate of drug-likeness (QED) is 0.156. The average Bonchev–Trinajstić information content (AvgIpc) is 3.00. The fraction of sp³-hybridized carbons (Fsp3) is 0.421. The maximum Gasteiger partial charge on any atom is 0.144 e. The van der Waals surface area contributed by atoms with Crippen LogP contribution in [-0.4, -0.2) is 34.5 Å². The maximum absolute atomic E-state index is 6.63. The average molecular weight is 595 g/mol. The van der Waals surface area contributed by atoms with Crippen LogP contribution in [0.3, 0.4) is 0 Å². The SMILES string of the molecule is CCCCCOc1cc2c(cc1C)[Si](C)(C)[Si](c1ccccc1)(c1ccccc1)C1=C2CC(OCCCCC)C(C)=C1. The highest BCUT2D eigenvalue weighted by molar-refractivity contribution is 7.58. The van der Waals surface area contributed by atoms with Gasteiger partial charge in [-0.25, -0.2) is 0 Å². The monoisotopic (exact) mass is 594 g/mol. The van der Waals surface area contributed by atoms with E-state index in [0.29, 0.717) is 0 Å². The summed E-state index contributed by atoms with van der Waals surface area (Å²) in [5, 5.41) is 6.28. The smallest absolute Gasteiger partial charge is 0.144 e. The van der Waals surface area contributed by atoms with E-state index >= 15 is 0 Å². The summed E-state index contributed by atoms with van der Waals surface area (Å²) in [5.41, 5.74) is 5.58. The Hall–Kier alpha value is -2.67. The Morgan fingerprint density at radius 1 is 0.762 bits per heavy atom. The van der Waals surface area contributed by atoms with Gasteiger partial charge in [-0.1, -0.05) is 141 Å². The van der Waals surface area contributed by atoms with Gasteiger partial charge in [0.2, 0.25) is 0 Å². The third-order valence-electron chi connectivity index (χ3n) is 9.74. The van der Waals surface area contributed by atoms with Gasteiger partial charge >= 0.3 is 0 Å². The highest BCUT2D eigenvalue weighted by atomic mass is 29.3. The number of ether oxygens (including phenoxy) is 2. The van der Waals surface area contributed by atoms with Crippen molar-refractivity contribution in [2.45, 2.75) is 91.8 Å². The summed E-state index contributed by atoms with van der Waals surface area (Å²) in [5.74, 6) is 1.06. The molecule has 0 fully saturated rings. The van der Waals surface area contributed by atoms with Gasteiger partial charge in [-0.05, 0) is 60.2 Å². The van der Waals surface area contributed by atoms with Crippen LogP contribution < -0.4 is 20.3 Å². The highest BCUT2D eigenvalue weighted by Crippen LogP contribution is 2.45. The van der Waals surface area contributed by atoms with Crippen molar-refractivity contribution >= 4 is 36.3 Å². The van der Waals surface area contributed by atoms with Crippen LogP contribution in [0.15, 0.2) is 89.6 Å². The number of allylic oxidation sites excluding steroid dienone is 2. The van der Waals surface area contributed by atoms with Gasteiger partial charge in [-0.2, -0.15) is 0 Å². The molecule has 1 aliphatic heterocycles. The molecule has 1 atom stereocenters. The first-order chi connectivity index (χ1) is 20.4. The Kier molecular flexibility index (Phi) is 9.76. The van der Waals surface area contributed by atoms with E-state index < -0.39 is 15.2 Å². The zero-order chi connectivity index (χ0) is 29.7. The summed E-state index contributed by atoms with van der Waals surface area (Å²) in [6, 6.07) is 28.0. The molecule has 2 aliphatic rings. The minimum Gasteiger partial charge on any atom is -0.493 e. The largest absolute Gasteiger partial charge is 0.493 e. The molecule has 222 valence electrons. The minimum atomic E-state index is -2.42. The Morgan fingerprint density at radius 3 is 1.95 bits per heavy atom. The second-order valence-electron chi connectivity index (χ2n) is 12.9. The topological polar surface area (TPSA) is 18.5 Å². The van der Waals surface area contributed by atoms with E-state index in [0.717, 1.165) is 38.2 Å². The molecule has 0 bridgehead atoms. The van der Waals surface area contributed by atoms with E-state index in [9.17, 15) is 0 Å². The van der Waals surface area contributed by atoms with Crippen LogP contribution in [0.5, 0.6) is 5.75 Å². The second-order valence-corrected chi connectivity index (χ2v) is 25.9. The van der Waals surface area contributed by atoms with Crippen LogP contribution in [0.4, 0.5) is 0 Å². The summed E-state index contributed by atoms with van der Waals surface area (Å²) in [6.45, 7) is 16.0. The molecule has 0 saturated carbocycles. The van der Waals surface area contributed by atoms with Crippen molar-refractivity contribution in [3.8, 4) is 5.75 Å². The van der Waals surface area contributed by atoms with Gasteiger partial charge in [-0.15, -0.1) is 0 Å². The molecular weight excluding hydrogens is 545 g/mol. The molecule has 0 aromatic heterocycles. The van der Waals surface area contributed by atoms with Crippen molar-refractivity contribution in [1.82, 2.24) is 0 Å².